The first-order valence-corrected chi connectivity index (χ1v) is 7.91. The van der Waals surface area contributed by atoms with Crippen molar-refractivity contribution in [2.24, 2.45) is 0 Å². The van der Waals surface area contributed by atoms with Gasteiger partial charge in [0.25, 0.3) is 0 Å². The highest BCUT2D eigenvalue weighted by Gasteiger charge is 2.13. The van der Waals surface area contributed by atoms with Crippen LogP contribution in [0.1, 0.15) is 32.5 Å². The molecule has 4 heteroatoms. The third kappa shape index (κ3) is 3.57. The van der Waals surface area contributed by atoms with Crippen molar-refractivity contribution in [2.45, 2.75) is 33.1 Å². The first-order valence-electron chi connectivity index (χ1n) is 7.12. The van der Waals surface area contributed by atoms with Gasteiger partial charge >= 0.3 is 0 Å². The van der Waals surface area contributed by atoms with E-state index in [0.717, 1.165) is 53.2 Å². The number of rotatable bonds is 6. The monoisotopic (exact) mass is 333 g/mol. The number of benzene rings is 1. The van der Waals surface area contributed by atoms with Gasteiger partial charge in [-0.1, -0.05) is 44.2 Å². The lowest BCUT2D eigenvalue weighted by Crippen LogP contribution is -2.07. The topological polar surface area (TPSA) is 37.8 Å². The first kappa shape index (κ1) is 15.0. The number of nitrogens with one attached hydrogen (secondary N) is 1. The molecule has 2 rings (SSSR count). The Hall–Kier alpha value is -1.42. The fourth-order valence-corrected chi connectivity index (χ4v) is 2.52. The van der Waals surface area contributed by atoms with Gasteiger partial charge in [0.2, 0.25) is 0 Å². The Kier molecular flexibility index (Phi) is 5.53. The van der Waals surface area contributed by atoms with Crippen LogP contribution in [0.3, 0.4) is 0 Å². The van der Waals surface area contributed by atoms with Crippen LogP contribution in [0.4, 0.5) is 5.82 Å². The van der Waals surface area contributed by atoms with Crippen LogP contribution in [0.15, 0.2) is 34.8 Å². The lowest BCUT2D eigenvalue weighted by atomic mass is 10.1. The van der Waals surface area contributed by atoms with Gasteiger partial charge < -0.3 is 5.32 Å². The van der Waals surface area contributed by atoms with Gasteiger partial charge in [-0.25, -0.2) is 9.97 Å². The smallest absolute Gasteiger partial charge is 0.144 e. The van der Waals surface area contributed by atoms with E-state index in [4.69, 9.17) is 4.98 Å². The second kappa shape index (κ2) is 7.39. The fourth-order valence-electron chi connectivity index (χ4n) is 1.98. The summed E-state index contributed by atoms with van der Waals surface area (Å²) < 4.78 is 0.942. The van der Waals surface area contributed by atoms with Gasteiger partial charge in [0, 0.05) is 18.5 Å². The number of hydrogen-bond acceptors (Lipinski definition) is 3. The van der Waals surface area contributed by atoms with E-state index >= 15 is 0 Å². The van der Waals surface area contributed by atoms with Crippen LogP contribution in [0, 0.1) is 0 Å². The predicted octanol–water partition coefficient (Wildman–Crippen LogP) is 4.68. The molecular weight excluding hydrogens is 314 g/mol. The van der Waals surface area contributed by atoms with Crippen molar-refractivity contribution in [1.82, 2.24) is 9.97 Å². The molecule has 20 heavy (non-hydrogen) atoms. The quantitative estimate of drug-likeness (QED) is 0.833. The summed E-state index contributed by atoms with van der Waals surface area (Å²) in [6.45, 7) is 5.20. The summed E-state index contributed by atoms with van der Waals surface area (Å²) in [5.74, 6) is 1.79. The lowest BCUT2D eigenvalue weighted by Gasteiger charge is -2.12. The minimum absolute atomic E-state index is 0.893. The van der Waals surface area contributed by atoms with E-state index in [1.54, 1.807) is 0 Å². The summed E-state index contributed by atoms with van der Waals surface area (Å²) in [7, 11) is 0. The minimum Gasteiger partial charge on any atom is -0.369 e. The van der Waals surface area contributed by atoms with Gasteiger partial charge in [-0.15, -0.1) is 0 Å². The maximum Gasteiger partial charge on any atom is 0.144 e. The van der Waals surface area contributed by atoms with Crippen LogP contribution in [-0.2, 0) is 6.42 Å². The third-order valence-electron chi connectivity index (χ3n) is 2.96. The van der Waals surface area contributed by atoms with Gasteiger partial charge in [0.15, 0.2) is 0 Å². The molecular formula is C16H20BrN3. The maximum atomic E-state index is 4.70. The number of halogens is 1. The maximum absolute atomic E-state index is 4.70. The van der Waals surface area contributed by atoms with Gasteiger partial charge in [-0.3, -0.25) is 0 Å². The van der Waals surface area contributed by atoms with Crippen molar-refractivity contribution in [2.75, 3.05) is 11.9 Å². The van der Waals surface area contributed by atoms with E-state index in [9.17, 15) is 0 Å². The van der Waals surface area contributed by atoms with Gasteiger partial charge in [-0.2, -0.15) is 0 Å². The number of nitrogens with zero attached hydrogens (tertiary/aromatic N) is 2. The normalized spacial score (nSPS) is 10.6. The van der Waals surface area contributed by atoms with Crippen molar-refractivity contribution in [1.29, 1.82) is 0 Å². The highest BCUT2D eigenvalue weighted by Crippen LogP contribution is 2.31. The Labute approximate surface area is 129 Å². The molecule has 1 N–H and O–H groups in total. The Morgan fingerprint density at radius 2 is 1.80 bits per heavy atom. The van der Waals surface area contributed by atoms with Gasteiger partial charge in [0.05, 0.1) is 10.2 Å². The molecule has 1 heterocycles. The molecule has 0 spiro atoms. The van der Waals surface area contributed by atoms with Crippen molar-refractivity contribution < 1.29 is 0 Å². The van der Waals surface area contributed by atoms with E-state index in [2.05, 4.69) is 52.2 Å². The number of hydrogen-bond donors (Lipinski definition) is 1. The van der Waals surface area contributed by atoms with Crippen LogP contribution in [-0.4, -0.2) is 16.5 Å². The van der Waals surface area contributed by atoms with Crippen molar-refractivity contribution in [3.05, 3.63) is 40.6 Å². The molecule has 0 aliphatic heterocycles. The van der Waals surface area contributed by atoms with Gasteiger partial charge in [0.1, 0.15) is 11.6 Å². The molecule has 3 nitrogen and oxygen atoms in total. The molecule has 106 valence electrons. The SMILES string of the molecule is CCCNc1nc(CCC)nc(-c2ccccc2)c1Br. The molecule has 0 radical (unpaired) electrons. The molecule has 1 aromatic heterocycles. The second-order valence-electron chi connectivity index (χ2n) is 4.69. The molecule has 1 aromatic carbocycles. The first-order chi connectivity index (χ1) is 9.76. The van der Waals surface area contributed by atoms with Crippen LogP contribution >= 0.6 is 15.9 Å². The van der Waals surface area contributed by atoms with Crippen molar-refractivity contribution >= 4 is 21.7 Å². The summed E-state index contributed by atoms with van der Waals surface area (Å²) in [6.07, 6.45) is 3.01. The zero-order valence-electron chi connectivity index (χ0n) is 12.0. The van der Waals surface area contributed by atoms with E-state index in [1.807, 2.05) is 18.2 Å². The minimum atomic E-state index is 0.893. The van der Waals surface area contributed by atoms with Crippen LogP contribution in [0.2, 0.25) is 0 Å². The third-order valence-corrected chi connectivity index (χ3v) is 3.71. The van der Waals surface area contributed by atoms with Crippen molar-refractivity contribution in [3.8, 4) is 11.3 Å². The average molecular weight is 334 g/mol. The molecule has 0 unspecified atom stereocenters. The summed E-state index contributed by atoms with van der Waals surface area (Å²) in [4.78, 5) is 9.32. The van der Waals surface area contributed by atoms with E-state index in [-0.39, 0.29) is 0 Å². The molecule has 0 amide bonds. The molecule has 2 aromatic rings. The summed E-state index contributed by atoms with van der Waals surface area (Å²) >= 11 is 3.65. The standard InChI is InChI=1S/C16H20BrN3/c1-3-8-13-19-15(12-9-6-5-7-10-12)14(17)16(20-13)18-11-4-2/h5-7,9-10H,3-4,8,11H2,1-2H3,(H,18,19,20). The lowest BCUT2D eigenvalue weighted by molar-refractivity contribution is 0.832. The van der Waals surface area contributed by atoms with E-state index in [0.29, 0.717) is 0 Å². The second-order valence-corrected chi connectivity index (χ2v) is 5.49. The zero-order valence-corrected chi connectivity index (χ0v) is 13.6. The molecule has 0 aliphatic carbocycles. The Balaban J connectivity index is 2.46. The van der Waals surface area contributed by atoms with E-state index < -0.39 is 0 Å². The number of anilines is 1. The number of aromatic nitrogens is 2. The molecule has 0 fully saturated rings. The summed E-state index contributed by atoms with van der Waals surface area (Å²) in [6, 6.07) is 10.2. The average Bonchev–Trinajstić information content (AvgIpc) is 2.48. The van der Waals surface area contributed by atoms with Crippen molar-refractivity contribution in [3.63, 3.8) is 0 Å². The highest BCUT2D eigenvalue weighted by molar-refractivity contribution is 9.10. The summed E-state index contributed by atoms with van der Waals surface area (Å²) in [5.41, 5.74) is 2.07. The molecule has 0 saturated heterocycles. The van der Waals surface area contributed by atoms with Gasteiger partial charge in [-0.05, 0) is 28.8 Å². The zero-order chi connectivity index (χ0) is 14.4. The molecule has 0 aliphatic rings. The van der Waals surface area contributed by atoms with E-state index in [1.165, 1.54) is 0 Å². The summed E-state index contributed by atoms with van der Waals surface area (Å²) in [5, 5.41) is 3.37. The fraction of sp³-hybridized carbons (Fsp3) is 0.375. The van der Waals surface area contributed by atoms with Crippen LogP contribution in [0.5, 0.6) is 0 Å². The highest BCUT2D eigenvalue weighted by atomic mass is 79.9. The number of aryl methyl sites for hydroxylation is 1. The van der Waals surface area contributed by atoms with Crippen LogP contribution in [0.25, 0.3) is 11.3 Å². The Bertz CT molecular complexity index is 555. The molecule has 0 bridgehead atoms. The largest absolute Gasteiger partial charge is 0.369 e. The van der Waals surface area contributed by atoms with Crippen LogP contribution < -0.4 is 5.32 Å². The molecule has 0 atom stereocenters. The Morgan fingerprint density at radius 3 is 2.45 bits per heavy atom. The molecule has 0 saturated carbocycles. The Morgan fingerprint density at radius 1 is 1.05 bits per heavy atom. The predicted molar refractivity (Wildman–Crippen MR) is 87.9 cm³/mol.